The number of phenols is 1. The van der Waals surface area contributed by atoms with Crippen molar-refractivity contribution in [2.75, 3.05) is 7.11 Å². The highest BCUT2D eigenvalue weighted by molar-refractivity contribution is 6.09. The highest BCUT2D eigenvalue weighted by atomic mass is 16.5. The molecular weight excluding hydrogens is 382 g/mol. The average molecular weight is 401 g/mol. The third-order valence-electron chi connectivity index (χ3n) is 4.94. The van der Waals surface area contributed by atoms with Crippen LogP contribution >= 0.6 is 0 Å². The van der Waals surface area contributed by atoms with E-state index >= 15 is 0 Å². The predicted octanol–water partition coefficient (Wildman–Crippen LogP) is 3.23. The van der Waals surface area contributed by atoms with E-state index in [2.05, 4.69) is 10.4 Å². The maximum absolute atomic E-state index is 13.5. The van der Waals surface area contributed by atoms with Gasteiger partial charge in [0.2, 0.25) is 0 Å². The first-order valence-electron chi connectivity index (χ1n) is 9.25. The lowest BCUT2D eigenvalue weighted by Gasteiger charge is -2.27. The molecule has 7 nitrogen and oxygen atoms in total. The summed E-state index contributed by atoms with van der Waals surface area (Å²) in [7, 11) is 1.45. The summed E-state index contributed by atoms with van der Waals surface area (Å²) in [6.45, 7) is 0. The van der Waals surface area contributed by atoms with Gasteiger partial charge in [-0.3, -0.25) is 4.79 Å². The van der Waals surface area contributed by atoms with E-state index in [1.54, 1.807) is 36.4 Å². The van der Waals surface area contributed by atoms with Crippen LogP contribution in [-0.2, 0) is 10.3 Å². The fourth-order valence-corrected chi connectivity index (χ4v) is 3.47. The Morgan fingerprint density at radius 3 is 2.10 bits per heavy atom. The van der Waals surface area contributed by atoms with E-state index in [0.29, 0.717) is 22.4 Å². The van der Waals surface area contributed by atoms with E-state index in [0.717, 1.165) is 5.01 Å². The van der Waals surface area contributed by atoms with Crippen LogP contribution in [0.5, 0.6) is 11.5 Å². The number of phenolic OH excluding ortho intramolecular Hbond substituents is 1. The van der Waals surface area contributed by atoms with Gasteiger partial charge in [0.25, 0.3) is 5.91 Å². The van der Waals surface area contributed by atoms with Gasteiger partial charge in [0, 0.05) is 0 Å². The molecule has 1 heterocycles. The third kappa shape index (κ3) is 3.16. The Hall–Kier alpha value is -4.13. The number of urea groups is 1. The van der Waals surface area contributed by atoms with Gasteiger partial charge in [-0.2, -0.15) is 5.10 Å². The van der Waals surface area contributed by atoms with Crippen LogP contribution in [0.2, 0.25) is 0 Å². The van der Waals surface area contributed by atoms with Crippen LogP contribution in [0.4, 0.5) is 4.79 Å². The Labute approximate surface area is 173 Å². The molecule has 150 valence electrons. The number of rotatable bonds is 5. The van der Waals surface area contributed by atoms with Gasteiger partial charge in [-0.1, -0.05) is 60.7 Å². The van der Waals surface area contributed by atoms with Crippen molar-refractivity contribution in [3.63, 3.8) is 0 Å². The van der Waals surface area contributed by atoms with Gasteiger partial charge < -0.3 is 15.2 Å². The highest BCUT2D eigenvalue weighted by Gasteiger charge is 2.54. The second kappa shape index (κ2) is 7.71. The van der Waals surface area contributed by atoms with Gasteiger partial charge >= 0.3 is 6.03 Å². The standard InChI is InChI=1S/C23H19N3O4/c1-30-20-13-12-16(14-19(20)27)15-24-26-21(28)23(25-22(26)29,17-8-4-2-5-9-17)18-10-6-3-7-11-18/h2-15,27H,1H3,(H,25,29)/b24-15-. The van der Waals surface area contributed by atoms with Crippen LogP contribution in [0.15, 0.2) is 84.0 Å². The van der Waals surface area contributed by atoms with Crippen molar-refractivity contribution >= 4 is 18.2 Å². The van der Waals surface area contributed by atoms with Crippen LogP contribution < -0.4 is 10.1 Å². The number of nitrogens with zero attached hydrogens (tertiary/aromatic N) is 2. The molecule has 0 saturated carbocycles. The molecule has 1 aliphatic heterocycles. The number of hydrogen-bond acceptors (Lipinski definition) is 5. The number of methoxy groups -OCH3 is 1. The average Bonchev–Trinajstić information content (AvgIpc) is 3.04. The number of ether oxygens (including phenoxy) is 1. The lowest BCUT2D eigenvalue weighted by molar-refractivity contribution is -0.130. The van der Waals surface area contributed by atoms with E-state index in [9.17, 15) is 14.7 Å². The second-order valence-corrected chi connectivity index (χ2v) is 6.71. The minimum Gasteiger partial charge on any atom is -0.504 e. The normalized spacial score (nSPS) is 15.4. The summed E-state index contributed by atoms with van der Waals surface area (Å²) in [5, 5.41) is 17.6. The molecule has 0 aromatic heterocycles. The molecular formula is C23H19N3O4. The van der Waals surface area contributed by atoms with Gasteiger partial charge in [-0.05, 0) is 34.9 Å². The zero-order chi connectivity index (χ0) is 21.1. The quantitative estimate of drug-likeness (QED) is 0.507. The Balaban J connectivity index is 1.73. The Morgan fingerprint density at radius 2 is 1.57 bits per heavy atom. The number of carbonyl (C=O) groups is 2. The van der Waals surface area contributed by atoms with Crippen molar-refractivity contribution in [3.05, 3.63) is 95.6 Å². The molecule has 0 aliphatic carbocycles. The Morgan fingerprint density at radius 1 is 0.967 bits per heavy atom. The van der Waals surface area contributed by atoms with Crippen LogP contribution in [0, 0.1) is 0 Å². The lowest BCUT2D eigenvalue weighted by Crippen LogP contribution is -2.44. The van der Waals surface area contributed by atoms with E-state index in [1.165, 1.54) is 19.4 Å². The second-order valence-electron chi connectivity index (χ2n) is 6.71. The summed E-state index contributed by atoms with van der Waals surface area (Å²) >= 11 is 0. The number of benzene rings is 3. The summed E-state index contributed by atoms with van der Waals surface area (Å²) in [5.41, 5.74) is 0.397. The van der Waals surface area contributed by atoms with Crippen LogP contribution in [0.3, 0.4) is 0 Å². The minimum atomic E-state index is -1.38. The van der Waals surface area contributed by atoms with E-state index in [1.807, 2.05) is 36.4 Å². The number of imide groups is 1. The molecule has 30 heavy (non-hydrogen) atoms. The number of hydrogen-bond donors (Lipinski definition) is 2. The smallest absolute Gasteiger partial charge is 0.346 e. The number of hydrazone groups is 1. The van der Waals surface area contributed by atoms with E-state index in [4.69, 9.17) is 4.74 Å². The lowest BCUT2D eigenvalue weighted by atomic mass is 9.83. The van der Waals surface area contributed by atoms with Gasteiger partial charge in [-0.15, -0.1) is 5.01 Å². The summed E-state index contributed by atoms with van der Waals surface area (Å²) in [4.78, 5) is 26.2. The maximum Gasteiger partial charge on any atom is 0.346 e. The summed E-state index contributed by atoms with van der Waals surface area (Å²) in [6, 6.07) is 22.1. The predicted molar refractivity (Wildman–Crippen MR) is 111 cm³/mol. The SMILES string of the molecule is COc1ccc(/C=N\N2C(=O)NC(c3ccccc3)(c3ccccc3)C2=O)cc1O. The molecule has 0 radical (unpaired) electrons. The van der Waals surface area contributed by atoms with Crippen molar-refractivity contribution in [2.45, 2.75) is 5.54 Å². The molecule has 0 bridgehead atoms. The fraction of sp³-hybridized carbons (Fsp3) is 0.0870. The molecule has 1 aliphatic rings. The Bertz CT molecular complexity index is 1070. The van der Waals surface area contributed by atoms with E-state index < -0.39 is 17.5 Å². The minimum absolute atomic E-state index is 0.0680. The number of amides is 3. The molecule has 3 amide bonds. The number of nitrogens with one attached hydrogen (secondary N) is 1. The maximum atomic E-state index is 13.5. The molecule has 3 aromatic rings. The fourth-order valence-electron chi connectivity index (χ4n) is 3.47. The summed E-state index contributed by atoms with van der Waals surface area (Å²) in [6.07, 6.45) is 1.34. The zero-order valence-corrected chi connectivity index (χ0v) is 16.1. The first kappa shape index (κ1) is 19.2. The first-order valence-corrected chi connectivity index (χ1v) is 9.25. The zero-order valence-electron chi connectivity index (χ0n) is 16.1. The topological polar surface area (TPSA) is 91.2 Å². The van der Waals surface area contributed by atoms with Crippen molar-refractivity contribution in [1.29, 1.82) is 0 Å². The summed E-state index contributed by atoms with van der Waals surface area (Å²) in [5.74, 6) is -0.269. The van der Waals surface area contributed by atoms with Crippen LogP contribution in [0.1, 0.15) is 16.7 Å². The monoisotopic (exact) mass is 401 g/mol. The molecule has 2 N–H and O–H groups in total. The first-order chi connectivity index (χ1) is 14.6. The van der Waals surface area contributed by atoms with Crippen LogP contribution in [0.25, 0.3) is 0 Å². The van der Waals surface area contributed by atoms with Gasteiger partial charge in [0.15, 0.2) is 17.0 Å². The molecule has 1 saturated heterocycles. The Kier molecular flexibility index (Phi) is 4.93. The van der Waals surface area contributed by atoms with Gasteiger partial charge in [-0.25, -0.2) is 4.79 Å². The van der Waals surface area contributed by atoms with Crippen molar-refractivity contribution in [2.24, 2.45) is 5.10 Å². The van der Waals surface area contributed by atoms with Crippen LogP contribution in [-0.4, -0.2) is 35.4 Å². The van der Waals surface area contributed by atoms with Gasteiger partial charge in [0.05, 0.1) is 13.3 Å². The number of aromatic hydroxyl groups is 1. The van der Waals surface area contributed by atoms with Crippen molar-refractivity contribution < 1.29 is 19.4 Å². The van der Waals surface area contributed by atoms with Crippen molar-refractivity contribution in [3.8, 4) is 11.5 Å². The molecule has 1 fully saturated rings. The molecule has 4 rings (SSSR count). The summed E-state index contributed by atoms with van der Waals surface area (Å²) < 4.78 is 5.01. The van der Waals surface area contributed by atoms with E-state index in [-0.39, 0.29) is 5.75 Å². The van der Waals surface area contributed by atoms with Gasteiger partial charge in [0.1, 0.15) is 0 Å². The molecule has 0 atom stereocenters. The van der Waals surface area contributed by atoms with Crippen molar-refractivity contribution in [1.82, 2.24) is 10.3 Å². The number of carbonyl (C=O) groups excluding carboxylic acids is 2. The molecule has 3 aromatic carbocycles. The molecule has 7 heteroatoms. The molecule has 0 unspecified atom stereocenters. The molecule has 0 spiro atoms. The largest absolute Gasteiger partial charge is 0.504 e. The third-order valence-corrected chi connectivity index (χ3v) is 4.94. The highest BCUT2D eigenvalue weighted by Crippen LogP contribution is 2.36.